The van der Waals surface area contributed by atoms with Gasteiger partial charge in [0.05, 0.1) is 11.0 Å². The third kappa shape index (κ3) is 2.50. The van der Waals surface area contributed by atoms with Gasteiger partial charge in [0.25, 0.3) is 0 Å². The van der Waals surface area contributed by atoms with E-state index in [-0.39, 0.29) is 18.7 Å². The monoisotopic (exact) mass is 299 g/mol. The molecule has 3 N–H and O–H groups in total. The van der Waals surface area contributed by atoms with Gasteiger partial charge >= 0.3 is 5.69 Å². The quantitative estimate of drug-likeness (QED) is 0.728. The Labute approximate surface area is 125 Å². The van der Waals surface area contributed by atoms with E-state index in [9.17, 15) is 14.0 Å². The number of carbonyl (C=O) groups excluding carboxylic acids is 1. The number of imidazole rings is 1. The van der Waals surface area contributed by atoms with Crippen LogP contribution in [0.15, 0.2) is 47.3 Å². The number of nitrogen functional groups attached to an aromatic ring is 1. The molecule has 6 heteroatoms. The molecule has 112 valence electrons. The van der Waals surface area contributed by atoms with Gasteiger partial charge in [0.2, 0.25) is 5.91 Å². The Morgan fingerprint density at radius 1 is 1.23 bits per heavy atom. The van der Waals surface area contributed by atoms with E-state index in [1.54, 1.807) is 36.4 Å². The summed E-state index contributed by atoms with van der Waals surface area (Å²) in [6.07, 6.45) is 0.259. The minimum absolute atomic E-state index is 0.0303. The molecule has 0 aliphatic rings. The van der Waals surface area contributed by atoms with Crippen LogP contribution in [0.3, 0.4) is 0 Å². The van der Waals surface area contributed by atoms with Crippen molar-refractivity contribution >= 4 is 22.6 Å². The number of aromatic nitrogens is 2. The van der Waals surface area contributed by atoms with Crippen molar-refractivity contribution in [2.75, 3.05) is 5.73 Å². The van der Waals surface area contributed by atoms with Crippen LogP contribution < -0.4 is 11.4 Å². The van der Waals surface area contributed by atoms with Gasteiger partial charge in [0, 0.05) is 12.1 Å². The van der Waals surface area contributed by atoms with E-state index in [0.717, 1.165) is 4.57 Å². The predicted octanol–water partition coefficient (Wildman–Crippen LogP) is 2.32. The number of hydrogen-bond acceptors (Lipinski definition) is 3. The summed E-state index contributed by atoms with van der Waals surface area (Å²) in [5.41, 5.74) is 7.06. The lowest BCUT2D eigenvalue weighted by molar-refractivity contribution is 0.0904. The number of nitrogens with one attached hydrogen (secondary N) is 1. The fourth-order valence-corrected chi connectivity index (χ4v) is 2.42. The van der Waals surface area contributed by atoms with Gasteiger partial charge in [-0.15, -0.1) is 0 Å². The molecule has 0 amide bonds. The van der Waals surface area contributed by atoms with Crippen molar-refractivity contribution in [3.63, 3.8) is 0 Å². The minimum Gasteiger partial charge on any atom is -0.399 e. The third-order valence-corrected chi connectivity index (χ3v) is 3.52. The van der Waals surface area contributed by atoms with Crippen molar-refractivity contribution < 1.29 is 9.18 Å². The van der Waals surface area contributed by atoms with E-state index < -0.39 is 11.6 Å². The molecule has 0 bridgehead atoms. The van der Waals surface area contributed by atoms with E-state index in [0.29, 0.717) is 22.3 Å². The Bertz CT molecular complexity index is 911. The number of nitrogens with two attached hydrogens (primary N) is 1. The molecule has 0 spiro atoms. The van der Waals surface area contributed by atoms with Gasteiger partial charge in [-0.3, -0.25) is 4.79 Å². The van der Waals surface area contributed by atoms with Crippen molar-refractivity contribution in [3.8, 4) is 0 Å². The first-order valence-electron chi connectivity index (χ1n) is 6.83. The highest BCUT2D eigenvalue weighted by Crippen LogP contribution is 2.15. The molecule has 1 heterocycles. The largest absolute Gasteiger partial charge is 0.399 e. The van der Waals surface area contributed by atoms with Crippen LogP contribution in [0.1, 0.15) is 16.8 Å². The predicted molar refractivity (Wildman–Crippen MR) is 82.3 cm³/mol. The Kier molecular flexibility index (Phi) is 3.50. The van der Waals surface area contributed by atoms with Crippen LogP contribution in [0.2, 0.25) is 0 Å². The summed E-state index contributed by atoms with van der Waals surface area (Å²) in [5.74, 6) is -0.754. The van der Waals surface area contributed by atoms with Gasteiger partial charge in [-0.1, -0.05) is 18.2 Å². The summed E-state index contributed by atoms with van der Waals surface area (Å²) in [6.45, 7) is 0. The molecular weight excluding hydrogens is 285 g/mol. The lowest BCUT2D eigenvalue weighted by Gasteiger charge is -2.04. The summed E-state index contributed by atoms with van der Waals surface area (Å²) in [7, 11) is 0. The lowest BCUT2D eigenvalue weighted by atomic mass is 10.1. The Morgan fingerprint density at radius 3 is 2.77 bits per heavy atom. The first kappa shape index (κ1) is 14.1. The second-order valence-electron chi connectivity index (χ2n) is 5.03. The van der Waals surface area contributed by atoms with Crippen molar-refractivity contribution in [1.29, 1.82) is 0 Å². The molecule has 0 aliphatic carbocycles. The maximum atomic E-state index is 13.6. The van der Waals surface area contributed by atoms with Crippen LogP contribution in [0.25, 0.3) is 11.0 Å². The van der Waals surface area contributed by atoms with E-state index in [1.165, 1.54) is 6.07 Å². The smallest absolute Gasteiger partial charge is 0.333 e. The minimum atomic E-state index is -0.515. The Balaban J connectivity index is 1.90. The first-order valence-corrected chi connectivity index (χ1v) is 6.83. The van der Waals surface area contributed by atoms with E-state index >= 15 is 0 Å². The standard InChI is InChI=1S/C16H14FN3O2/c17-12-4-2-1-3-10(12)5-8-15(21)20-14-9-11(18)6-7-13(14)19-16(20)22/h1-4,6-7,9H,5,8,18H2,(H,19,22). The molecule has 0 aliphatic heterocycles. The number of anilines is 1. The van der Waals surface area contributed by atoms with Crippen LogP contribution in [0.4, 0.5) is 10.1 Å². The number of aryl methyl sites for hydroxylation is 1. The average Bonchev–Trinajstić information content (AvgIpc) is 2.81. The first-order chi connectivity index (χ1) is 10.6. The molecule has 5 nitrogen and oxygen atoms in total. The topological polar surface area (TPSA) is 80.9 Å². The van der Waals surface area contributed by atoms with Gasteiger partial charge in [0.15, 0.2) is 0 Å². The fraction of sp³-hybridized carbons (Fsp3) is 0.125. The Hall–Kier alpha value is -2.89. The molecule has 1 aromatic heterocycles. The zero-order valence-electron chi connectivity index (χ0n) is 11.7. The molecule has 3 rings (SSSR count). The molecule has 0 saturated carbocycles. The number of benzene rings is 2. The average molecular weight is 299 g/mol. The SMILES string of the molecule is Nc1ccc2[nH]c(=O)n(C(=O)CCc3ccccc3F)c2c1. The van der Waals surface area contributed by atoms with E-state index in [1.807, 2.05) is 0 Å². The molecule has 22 heavy (non-hydrogen) atoms. The summed E-state index contributed by atoms with van der Waals surface area (Å²) >= 11 is 0. The molecule has 0 unspecified atom stereocenters. The van der Waals surface area contributed by atoms with Crippen LogP contribution >= 0.6 is 0 Å². The summed E-state index contributed by atoms with van der Waals surface area (Å²) in [6, 6.07) is 11.1. The maximum absolute atomic E-state index is 13.6. The van der Waals surface area contributed by atoms with Crippen molar-refractivity contribution in [2.24, 2.45) is 0 Å². The third-order valence-electron chi connectivity index (χ3n) is 3.52. The van der Waals surface area contributed by atoms with Crippen LogP contribution in [-0.2, 0) is 6.42 Å². The second kappa shape index (κ2) is 5.48. The van der Waals surface area contributed by atoms with Gasteiger partial charge in [-0.05, 0) is 36.2 Å². The summed E-state index contributed by atoms with van der Waals surface area (Å²) in [4.78, 5) is 26.9. The van der Waals surface area contributed by atoms with Gasteiger partial charge < -0.3 is 10.7 Å². The zero-order valence-corrected chi connectivity index (χ0v) is 11.7. The number of rotatable bonds is 3. The molecule has 0 atom stereocenters. The number of hydrogen-bond donors (Lipinski definition) is 2. The number of fused-ring (bicyclic) bond motifs is 1. The molecular formula is C16H14FN3O2. The van der Waals surface area contributed by atoms with Crippen LogP contribution in [0, 0.1) is 5.82 Å². The molecule has 0 radical (unpaired) electrons. The number of nitrogens with zero attached hydrogens (tertiary/aromatic N) is 1. The number of H-pyrrole nitrogens is 1. The lowest BCUT2D eigenvalue weighted by Crippen LogP contribution is -2.24. The highest BCUT2D eigenvalue weighted by Gasteiger charge is 2.14. The summed E-state index contributed by atoms with van der Waals surface area (Å²) < 4.78 is 14.6. The highest BCUT2D eigenvalue weighted by atomic mass is 19.1. The van der Waals surface area contributed by atoms with Gasteiger partial charge in [0.1, 0.15) is 5.82 Å². The van der Waals surface area contributed by atoms with Gasteiger partial charge in [-0.25, -0.2) is 13.8 Å². The zero-order chi connectivity index (χ0) is 15.7. The molecule has 0 saturated heterocycles. The maximum Gasteiger partial charge on any atom is 0.333 e. The normalized spacial score (nSPS) is 11.0. The molecule has 0 fully saturated rings. The Morgan fingerprint density at radius 2 is 2.00 bits per heavy atom. The molecule has 3 aromatic rings. The molecule has 2 aromatic carbocycles. The van der Waals surface area contributed by atoms with Crippen molar-refractivity contribution in [2.45, 2.75) is 12.8 Å². The van der Waals surface area contributed by atoms with Gasteiger partial charge in [-0.2, -0.15) is 0 Å². The fourth-order valence-electron chi connectivity index (χ4n) is 2.42. The van der Waals surface area contributed by atoms with Crippen LogP contribution in [0.5, 0.6) is 0 Å². The summed E-state index contributed by atoms with van der Waals surface area (Å²) in [5, 5.41) is 0. The highest BCUT2D eigenvalue weighted by molar-refractivity contribution is 5.91. The second-order valence-corrected chi connectivity index (χ2v) is 5.03. The van der Waals surface area contributed by atoms with E-state index in [4.69, 9.17) is 5.73 Å². The number of carbonyl (C=O) groups is 1. The van der Waals surface area contributed by atoms with Crippen molar-refractivity contribution in [3.05, 3.63) is 64.3 Å². The van der Waals surface area contributed by atoms with Crippen LogP contribution in [-0.4, -0.2) is 15.5 Å². The number of halogens is 1. The van der Waals surface area contributed by atoms with E-state index in [2.05, 4.69) is 4.98 Å². The van der Waals surface area contributed by atoms with Crippen molar-refractivity contribution in [1.82, 2.24) is 9.55 Å². The number of aromatic amines is 1.